The standard InChI is InChI=1S/C17H25N3O/c1-3-5-10-20(4-2)17(21)15(18)11-13-12-19-16-9-7-6-8-14(13)16/h6-9,12,15,19H,3-5,10-11,18H2,1-2H3/t15-/m0/s1. The minimum atomic E-state index is -0.471. The van der Waals surface area contributed by atoms with Crippen LogP contribution < -0.4 is 5.73 Å². The molecule has 1 atom stereocenters. The number of aromatic nitrogens is 1. The number of benzene rings is 1. The highest BCUT2D eigenvalue weighted by atomic mass is 16.2. The van der Waals surface area contributed by atoms with Gasteiger partial charge in [-0.1, -0.05) is 31.5 Å². The summed E-state index contributed by atoms with van der Waals surface area (Å²) >= 11 is 0. The Balaban J connectivity index is 2.06. The molecule has 1 aromatic heterocycles. The Morgan fingerprint density at radius 2 is 2.10 bits per heavy atom. The van der Waals surface area contributed by atoms with Gasteiger partial charge < -0.3 is 15.6 Å². The summed E-state index contributed by atoms with van der Waals surface area (Å²) < 4.78 is 0. The zero-order valence-electron chi connectivity index (χ0n) is 12.9. The number of carbonyl (C=O) groups excluding carboxylic acids is 1. The second kappa shape index (κ2) is 7.27. The van der Waals surface area contributed by atoms with E-state index in [0.717, 1.165) is 42.4 Å². The van der Waals surface area contributed by atoms with E-state index >= 15 is 0 Å². The van der Waals surface area contributed by atoms with Crippen molar-refractivity contribution in [3.05, 3.63) is 36.0 Å². The molecule has 21 heavy (non-hydrogen) atoms. The van der Waals surface area contributed by atoms with Gasteiger partial charge in [-0.25, -0.2) is 0 Å². The molecule has 1 heterocycles. The van der Waals surface area contributed by atoms with Gasteiger partial charge >= 0.3 is 0 Å². The van der Waals surface area contributed by atoms with Crippen LogP contribution in [0.25, 0.3) is 10.9 Å². The van der Waals surface area contributed by atoms with Gasteiger partial charge in [0.05, 0.1) is 6.04 Å². The van der Waals surface area contributed by atoms with Gasteiger partial charge in [0, 0.05) is 30.2 Å². The Kier molecular flexibility index (Phi) is 5.39. The van der Waals surface area contributed by atoms with Crippen molar-refractivity contribution < 1.29 is 4.79 Å². The van der Waals surface area contributed by atoms with Crippen molar-refractivity contribution >= 4 is 16.8 Å². The van der Waals surface area contributed by atoms with E-state index < -0.39 is 6.04 Å². The first-order valence-corrected chi connectivity index (χ1v) is 7.76. The predicted molar refractivity (Wildman–Crippen MR) is 87.1 cm³/mol. The topological polar surface area (TPSA) is 62.1 Å². The van der Waals surface area contributed by atoms with Crippen molar-refractivity contribution in [1.29, 1.82) is 0 Å². The zero-order chi connectivity index (χ0) is 15.2. The van der Waals surface area contributed by atoms with Gasteiger partial charge in [-0.2, -0.15) is 0 Å². The highest BCUT2D eigenvalue weighted by Crippen LogP contribution is 2.19. The molecule has 0 aliphatic rings. The van der Waals surface area contributed by atoms with E-state index in [1.807, 2.05) is 36.2 Å². The number of H-pyrrole nitrogens is 1. The fourth-order valence-electron chi connectivity index (χ4n) is 2.63. The van der Waals surface area contributed by atoms with Gasteiger partial charge in [-0.15, -0.1) is 0 Å². The molecule has 4 nitrogen and oxygen atoms in total. The summed E-state index contributed by atoms with van der Waals surface area (Å²) in [7, 11) is 0. The summed E-state index contributed by atoms with van der Waals surface area (Å²) in [5.41, 5.74) is 8.34. The Morgan fingerprint density at radius 3 is 2.81 bits per heavy atom. The third-order valence-corrected chi connectivity index (χ3v) is 3.91. The number of nitrogens with one attached hydrogen (secondary N) is 1. The summed E-state index contributed by atoms with van der Waals surface area (Å²) in [5, 5.41) is 1.15. The summed E-state index contributed by atoms with van der Waals surface area (Å²) in [6.07, 6.45) is 4.65. The summed E-state index contributed by atoms with van der Waals surface area (Å²) in [5.74, 6) is 0.0521. The van der Waals surface area contributed by atoms with Crippen LogP contribution in [0.1, 0.15) is 32.3 Å². The molecule has 114 valence electrons. The smallest absolute Gasteiger partial charge is 0.239 e. The molecule has 0 saturated carbocycles. The fraction of sp³-hybridized carbons (Fsp3) is 0.471. The lowest BCUT2D eigenvalue weighted by Crippen LogP contribution is -2.45. The molecule has 0 bridgehead atoms. The quantitative estimate of drug-likeness (QED) is 0.822. The molecule has 0 fully saturated rings. The molecule has 0 unspecified atom stereocenters. The molecule has 4 heteroatoms. The molecular formula is C17H25N3O. The summed E-state index contributed by atoms with van der Waals surface area (Å²) in [6, 6.07) is 7.63. The Labute approximate surface area is 126 Å². The Morgan fingerprint density at radius 1 is 1.33 bits per heavy atom. The van der Waals surface area contributed by atoms with Crippen molar-refractivity contribution in [3.8, 4) is 0 Å². The first-order valence-electron chi connectivity index (χ1n) is 7.76. The maximum atomic E-state index is 12.4. The molecule has 0 aliphatic carbocycles. The van der Waals surface area contributed by atoms with Crippen LogP contribution in [0.15, 0.2) is 30.5 Å². The van der Waals surface area contributed by atoms with E-state index in [0.29, 0.717) is 6.42 Å². The van der Waals surface area contributed by atoms with Crippen LogP contribution in [0, 0.1) is 0 Å². The van der Waals surface area contributed by atoms with Crippen LogP contribution in [-0.2, 0) is 11.2 Å². The maximum Gasteiger partial charge on any atom is 0.239 e. The van der Waals surface area contributed by atoms with Gasteiger partial charge in [0.2, 0.25) is 5.91 Å². The lowest BCUT2D eigenvalue weighted by atomic mass is 10.0. The third-order valence-electron chi connectivity index (χ3n) is 3.91. The van der Waals surface area contributed by atoms with Crippen molar-refractivity contribution in [1.82, 2.24) is 9.88 Å². The number of nitrogens with zero attached hydrogens (tertiary/aromatic N) is 1. The minimum Gasteiger partial charge on any atom is -0.361 e. The molecule has 2 aromatic rings. The fourth-order valence-corrected chi connectivity index (χ4v) is 2.63. The normalized spacial score (nSPS) is 12.5. The predicted octanol–water partition coefficient (Wildman–Crippen LogP) is 2.69. The molecule has 1 aromatic carbocycles. The largest absolute Gasteiger partial charge is 0.361 e. The Bertz CT molecular complexity index is 590. The second-order valence-corrected chi connectivity index (χ2v) is 5.44. The molecule has 0 saturated heterocycles. The Hall–Kier alpha value is -1.81. The molecule has 3 N–H and O–H groups in total. The third kappa shape index (κ3) is 3.64. The number of aromatic amines is 1. The highest BCUT2D eigenvalue weighted by molar-refractivity contribution is 5.86. The van der Waals surface area contributed by atoms with E-state index in [1.165, 1.54) is 0 Å². The average Bonchev–Trinajstić information content (AvgIpc) is 2.91. The first-order chi connectivity index (χ1) is 10.2. The van der Waals surface area contributed by atoms with Gasteiger partial charge in [-0.3, -0.25) is 4.79 Å². The van der Waals surface area contributed by atoms with Crippen molar-refractivity contribution in [2.45, 2.75) is 39.2 Å². The van der Waals surface area contributed by atoms with Crippen molar-refractivity contribution in [2.24, 2.45) is 5.73 Å². The number of likely N-dealkylation sites (N-methyl/N-ethyl adjacent to an activating group) is 1. The number of nitrogens with two attached hydrogens (primary N) is 1. The monoisotopic (exact) mass is 287 g/mol. The number of unbranched alkanes of at least 4 members (excludes halogenated alkanes) is 1. The van der Waals surface area contributed by atoms with Crippen LogP contribution in [0.4, 0.5) is 0 Å². The van der Waals surface area contributed by atoms with Crippen LogP contribution >= 0.6 is 0 Å². The molecule has 0 radical (unpaired) electrons. The van der Waals surface area contributed by atoms with Crippen LogP contribution in [0.5, 0.6) is 0 Å². The van der Waals surface area contributed by atoms with E-state index in [9.17, 15) is 4.79 Å². The number of hydrogen-bond acceptors (Lipinski definition) is 2. The van der Waals surface area contributed by atoms with Gasteiger partial charge in [0.25, 0.3) is 0 Å². The van der Waals surface area contributed by atoms with Crippen LogP contribution in [-0.4, -0.2) is 34.9 Å². The summed E-state index contributed by atoms with van der Waals surface area (Å²) in [6.45, 7) is 5.66. The maximum absolute atomic E-state index is 12.4. The van der Waals surface area contributed by atoms with E-state index in [1.54, 1.807) is 0 Å². The highest BCUT2D eigenvalue weighted by Gasteiger charge is 2.20. The van der Waals surface area contributed by atoms with Crippen molar-refractivity contribution in [2.75, 3.05) is 13.1 Å². The molecule has 0 aliphatic heterocycles. The number of amides is 1. The second-order valence-electron chi connectivity index (χ2n) is 5.44. The van der Waals surface area contributed by atoms with Gasteiger partial charge in [0.15, 0.2) is 0 Å². The molecule has 1 amide bonds. The number of carbonyl (C=O) groups is 1. The number of hydrogen-bond donors (Lipinski definition) is 2. The molecular weight excluding hydrogens is 262 g/mol. The lowest BCUT2D eigenvalue weighted by Gasteiger charge is -2.24. The SMILES string of the molecule is CCCCN(CC)C(=O)[C@@H](N)Cc1c[nH]c2ccccc12. The minimum absolute atomic E-state index is 0.0521. The van der Waals surface area contributed by atoms with Crippen LogP contribution in [0.3, 0.4) is 0 Å². The average molecular weight is 287 g/mol. The van der Waals surface area contributed by atoms with Crippen molar-refractivity contribution in [3.63, 3.8) is 0 Å². The summed E-state index contributed by atoms with van der Waals surface area (Å²) in [4.78, 5) is 17.5. The number of para-hydroxylation sites is 1. The molecule has 2 rings (SSSR count). The van der Waals surface area contributed by atoms with E-state index in [4.69, 9.17) is 5.73 Å². The van der Waals surface area contributed by atoms with E-state index in [-0.39, 0.29) is 5.91 Å². The van der Waals surface area contributed by atoms with E-state index in [2.05, 4.69) is 18.0 Å². The zero-order valence-corrected chi connectivity index (χ0v) is 12.9. The van der Waals surface area contributed by atoms with Gasteiger partial charge in [-0.05, 0) is 31.4 Å². The molecule has 0 spiro atoms. The number of fused-ring (bicyclic) bond motifs is 1. The first kappa shape index (κ1) is 15.6. The van der Waals surface area contributed by atoms with Crippen LogP contribution in [0.2, 0.25) is 0 Å². The number of rotatable bonds is 7. The van der Waals surface area contributed by atoms with Gasteiger partial charge in [0.1, 0.15) is 0 Å². The lowest BCUT2D eigenvalue weighted by molar-refractivity contribution is -0.132.